The quantitative estimate of drug-likeness (QED) is 0.763. The minimum absolute atomic E-state index is 0.194. The van der Waals surface area contributed by atoms with Gasteiger partial charge < -0.3 is 5.11 Å². The number of nitrogens with zero attached hydrogens (tertiary/aromatic N) is 1. The van der Waals surface area contributed by atoms with Gasteiger partial charge in [-0.05, 0) is 28.9 Å². The molecule has 0 unspecified atom stereocenters. The fourth-order valence-corrected chi connectivity index (χ4v) is 1.33. The number of halogens is 3. The molecule has 0 bridgehead atoms. The number of pyridine rings is 1. The number of hydrogen-bond acceptors (Lipinski definition) is 2. The normalized spacial score (nSPS) is 10.8. The van der Waals surface area contributed by atoms with E-state index in [1.807, 2.05) is 0 Å². The van der Waals surface area contributed by atoms with Crippen LogP contribution in [-0.2, 0) is 0 Å². The fourth-order valence-electron chi connectivity index (χ4n) is 0.817. The first-order valence-electron chi connectivity index (χ1n) is 3.16. The van der Waals surface area contributed by atoms with Crippen LogP contribution in [-0.4, -0.2) is 10.1 Å². The molecule has 0 saturated heterocycles. The lowest BCUT2D eigenvalue weighted by Crippen LogP contribution is -1.91. The Hall–Kier alpha value is -0.710. The topological polar surface area (TPSA) is 33.1 Å². The van der Waals surface area contributed by atoms with Gasteiger partial charge in [-0.1, -0.05) is 0 Å². The van der Waals surface area contributed by atoms with Gasteiger partial charge in [0.2, 0.25) is 0 Å². The van der Waals surface area contributed by atoms with Gasteiger partial charge >= 0.3 is 0 Å². The molecule has 12 heavy (non-hydrogen) atoms. The van der Waals surface area contributed by atoms with Crippen LogP contribution in [0.5, 0.6) is 5.75 Å². The van der Waals surface area contributed by atoms with Crippen LogP contribution < -0.4 is 0 Å². The number of alkyl halides is 2. The van der Waals surface area contributed by atoms with E-state index in [4.69, 9.17) is 5.11 Å². The first-order chi connectivity index (χ1) is 5.52. The molecule has 66 valence electrons. The lowest BCUT2D eigenvalue weighted by molar-refractivity contribution is 0.147. The maximum Gasteiger partial charge on any atom is 0.267 e. The molecule has 1 aromatic rings. The molecule has 5 heteroatoms. The fraction of sp³-hybridized carbons (Fsp3) is 0.286. The maximum atomic E-state index is 12.2. The molecule has 0 saturated carbocycles. The molecule has 1 N–H and O–H groups in total. The zero-order valence-corrected chi connectivity index (χ0v) is 7.77. The van der Waals surface area contributed by atoms with Crippen LogP contribution in [0.4, 0.5) is 8.78 Å². The van der Waals surface area contributed by atoms with Crippen LogP contribution in [0.2, 0.25) is 0 Å². The van der Waals surface area contributed by atoms with Crippen molar-refractivity contribution in [1.82, 2.24) is 4.98 Å². The summed E-state index contributed by atoms with van der Waals surface area (Å²) in [7, 11) is 0. The predicted molar refractivity (Wildman–Crippen MR) is 43.3 cm³/mol. The lowest BCUT2D eigenvalue weighted by atomic mass is 10.2. The molecular weight excluding hydrogens is 232 g/mol. The number of aryl methyl sites for hydroxylation is 1. The van der Waals surface area contributed by atoms with E-state index < -0.39 is 17.7 Å². The van der Waals surface area contributed by atoms with Gasteiger partial charge in [-0.2, -0.15) is 0 Å². The van der Waals surface area contributed by atoms with E-state index in [1.54, 1.807) is 0 Å². The van der Waals surface area contributed by atoms with E-state index in [2.05, 4.69) is 20.9 Å². The van der Waals surface area contributed by atoms with Crippen LogP contribution in [0.25, 0.3) is 0 Å². The van der Waals surface area contributed by atoms with Crippen LogP contribution in [0, 0.1) is 6.92 Å². The first-order valence-corrected chi connectivity index (χ1v) is 3.96. The van der Waals surface area contributed by atoms with E-state index in [9.17, 15) is 8.78 Å². The molecule has 0 aliphatic heterocycles. The highest BCUT2D eigenvalue weighted by molar-refractivity contribution is 9.10. The van der Waals surface area contributed by atoms with Crippen LogP contribution in [0.1, 0.15) is 17.7 Å². The van der Waals surface area contributed by atoms with Gasteiger partial charge in [0.05, 0.1) is 11.3 Å². The smallest absolute Gasteiger partial charge is 0.267 e. The molecule has 1 heterocycles. The van der Waals surface area contributed by atoms with Gasteiger partial charge in [0.1, 0.15) is 10.4 Å². The third-order valence-corrected chi connectivity index (χ3v) is 1.81. The molecule has 0 radical (unpaired) electrons. The number of aromatic nitrogens is 1. The van der Waals surface area contributed by atoms with Crippen LogP contribution in [0.3, 0.4) is 0 Å². The second-order valence-electron chi connectivity index (χ2n) is 2.27. The lowest BCUT2D eigenvalue weighted by Gasteiger charge is -2.05. The summed E-state index contributed by atoms with van der Waals surface area (Å²) in [6.45, 7) is 1.46. The average molecular weight is 238 g/mol. The van der Waals surface area contributed by atoms with Gasteiger partial charge in [-0.3, -0.25) is 0 Å². The standard InChI is InChI=1S/C7H6BrF2NO/c1-3-6(12)4(7(9)10)2-5(8)11-3/h2,7,12H,1H3. The molecule has 0 aliphatic rings. The minimum atomic E-state index is -2.68. The Morgan fingerprint density at radius 3 is 2.67 bits per heavy atom. The third-order valence-electron chi connectivity index (χ3n) is 1.40. The summed E-state index contributed by atoms with van der Waals surface area (Å²) in [5.74, 6) is -0.437. The monoisotopic (exact) mass is 237 g/mol. The van der Waals surface area contributed by atoms with Crippen LogP contribution >= 0.6 is 15.9 Å². The number of aromatic hydroxyl groups is 1. The van der Waals surface area contributed by atoms with Gasteiger partial charge in [0.15, 0.2) is 0 Å². The number of hydrogen-bond donors (Lipinski definition) is 1. The summed E-state index contributed by atoms with van der Waals surface area (Å²) in [6.07, 6.45) is -2.68. The van der Waals surface area contributed by atoms with Crippen molar-refractivity contribution in [3.63, 3.8) is 0 Å². The zero-order valence-electron chi connectivity index (χ0n) is 6.18. The van der Waals surface area contributed by atoms with Gasteiger partial charge in [-0.25, -0.2) is 13.8 Å². The Morgan fingerprint density at radius 1 is 1.58 bits per heavy atom. The van der Waals surface area contributed by atoms with Crippen molar-refractivity contribution >= 4 is 15.9 Å². The molecule has 1 rings (SSSR count). The Bertz CT molecular complexity index is 304. The van der Waals surface area contributed by atoms with E-state index >= 15 is 0 Å². The predicted octanol–water partition coefficient (Wildman–Crippen LogP) is 2.80. The first kappa shape index (κ1) is 9.38. The van der Waals surface area contributed by atoms with Crippen molar-refractivity contribution in [3.05, 3.63) is 21.9 Å². The van der Waals surface area contributed by atoms with Crippen molar-refractivity contribution < 1.29 is 13.9 Å². The van der Waals surface area contributed by atoms with Crippen molar-refractivity contribution in [3.8, 4) is 5.75 Å². The zero-order chi connectivity index (χ0) is 9.30. The highest BCUT2D eigenvalue weighted by Gasteiger charge is 2.15. The second kappa shape index (κ2) is 3.35. The van der Waals surface area contributed by atoms with Gasteiger partial charge in [0.25, 0.3) is 6.43 Å². The summed E-state index contributed by atoms with van der Waals surface area (Å²) < 4.78 is 24.7. The Morgan fingerprint density at radius 2 is 2.17 bits per heavy atom. The molecular formula is C7H6BrF2NO. The second-order valence-corrected chi connectivity index (χ2v) is 3.08. The third kappa shape index (κ3) is 1.72. The molecule has 1 aromatic heterocycles. The van der Waals surface area contributed by atoms with E-state index in [-0.39, 0.29) is 5.69 Å². The largest absolute Gasteiger partial charge is 0.506 e. The highest BCUT2D eigenvalue weighted by atomic mass is 79.9. The molecule has 0 atom stereocenters. The van der Waals surface area contributed by atoms with Crippen molar-refractivity contribution in [2.24, 2.45) is 0 Å². The van der Waals surface area contributed by atoms with E-state index in [0.29, 0.717) is 4.60 Å². The van der Waals surface area contributed by atoms with Gasteiger partial charge in [-0.15, -0.1) is 0 Å². The van der Waals surface area contributed by atoms with Crippen molar-refractivity contribution in [2.75, 3.05) is 0 Å². The van der Waals surface area contributed by atoms with Crippen molar-refractivity contribution in [2.45, 2.75) is 13.3 Å². The summed E-state index contributed by atoms with van der Waals surface area (Å²) in [5.41, 5.74) is -0.200. The Kier molecular flexibility index (Phi) is 2.62. The summed E-state index contributed by atoms with van der Waals surface area (Å²) in [6, 6.07) is 1.10. The van der Waals surface area contributed by atoms with Crippen molar-refractivity contribution in [1.29, 1.82) is 0 Å². The molecule has 0 fully saturated rings. The van der Waals surface area contributed by atoms with E-state index in [1.165, 1.54) is 6.92 Å². The summed E-state index contributed by atoms with van der Waals surface area (Å²) in [4.78, 5) is 3.75. The molecule has 0 aromatic carbocycles. The minimum Gasteiger partial charge on any atom is -0.506 e. The molecule has 2 nitrogen and oxygen atoms in total. The average Bonchev–Trinajstić information content (AvgIpc) is 1.96. The SMILES string of the molecule is Cc1nc(Br)cc(C(F)F)c1O. The van der Waals surface area contributed by atoms with Gasteiger partial charge in [0, 0.05) is 0 Å². The maximum absolute atomic E-state index is 12.2. The Balaban J connectivity index is 3.28. The number of rotatable bonds is 1. The van der Waals surface area contributed by atoms with E-state index in [0.717, 1.165) is 6.07 Å². The molecule has 0 amide bonds. The summed E-state index contributed by atoms with van der Waals surface area (Å²) in [5, 5.41) is 9.13. The van der Waals surface area contributed by atoms with Crippen LogP contribution in [0.15, 0.2) is 10.7 Å². The molecule has 0 aliphatic carbocycles. The highest BCUT2D eigenvalue weighted by Crippen LogP contribution is 2.31. The Labute approximate surface area is 76.4 Å². The summed E-state index contributed by atoms with van der Waals surface area (Å²) >= 11 is 2.96. The molecule has 0 spiro atoms.